The van der Waals surface area contributed by atoms with E-state index in [2.05, 4.69) is 25.3 Å². The van der Waals surface area contributed by atoms with E-state index in [0.29, 0.717) is 35.8 Å². The van der Waals surface area contributed by atoms with Crippen LogP contribution < -0.4 is 9.47 Å². The van der Waals surface area contributed by atoms with Gasteiger partial charge in [-0.1, -0.05) is 19.2 Å². The summed E-state index contributed by atoms with van der Waals surface area (Å²) in [5.41, 5.74) is -0.689. The number of benzene rings is 1. The Labute approximate surface area is 199 Å². The van der Waals surface area contributed by atoms with E-state index >= 15 is 0 Å². The van der Waals surface area contributed by atoms with Crippen LogP contribution in [0.2, 0.25) is 0 Å². The fourth-order valence-corrected chi connectivity index (χ4v) is 6.82. The van der Waals surface area contributed by atoms with Gasteiger partial charge in [0, 0.05) is 28.0 Å². The molecule has 4 aliphatic carbocycles. The average molecular weight is 457 g/mol. The van der Waals surface area contributed by atoms with Crippen LogP contribution >= 0.6 is 0 Å². The van der Waals surface area contributed by atoms with Gasteiger partial charge in [-0.2, -0.15) is 10.5 Å². The lowest BCUT2D eigenvalue weighted by molar-refractivity contribution is -0.131. The van der Waals surface area contributed by atoms with Crippen LogP contribution in [-0.4, -0.2) is 11.9 Å². The molecule has 34 heavy (non-hydrogen) atoms. The SMILES string of the molecule is C=C(C(=O)Oc1cccc(OC(=O)C(=C)C23CC2CC(C)(C#N)C3)c1)C12CC1CC(C)(C#N)C2. The number of ether oxygens (including phenoxy) is 2. The zero-order chi connectivity index (χ0) is 24.5. The molecule has 0 aromatic heterocycles. The van der Waals surface area contributed by atoms with E-state index < -0.39 is 22.8 Å². The molecule has 0 spiro atoms. The minimum absolute atomic E-state index is 0.261. The molecule has 1 aromatic carbocycles. The van der Waals surface area contributed by atoms with Crippen molar-refractivity contribution in [1.29, 1.82) is 10.5 Å². The number of carbonyl (C=O) groups is 2. The zero-order valence-corrected chi connectivity index (χ0v) is 19.6. The molecule has 0 N–H and O–H groups in total. The second-order valence-electron chi connectivity index (χ2n) is 11.4. The van der Waals surface area contributed by atoms with E-state index in [1.54, 1.807) is 18.2 Å². The van der Waals surface area contributed by atoms with E-state index in [1.807, 2.05) is 13.8 Å². The molecule has 4 aliphatic rings. The molecule has 6 atom stereocenters. The third-order valence-corrected chi connectivity index (χ3v) is 8.73. The van der Waals surface area contributed by atoms with E-state index in [4.69, 9.17) is 9.47 Å². The van der Waals surface area contributed by atoms with Crippen LogP contribution in [0.5, 0.6) is 11.5 Å². The maximum Gasteiger partial charge on any atom is 0.339 e. The Bertz CT molecular complexity index is 1150. The molecule has 6 unspecified atom stereocenters. The fourth-order valence-electron chi connectivity index (χ4n) is 6.82. The lowest BCUT2D eigenvalue weighted by Crippen LogP contribution is -2.22. The first-order chi connectivity index (χ1) is 16.0. The minimum Gasteiger partial charge on any atom is -0.423 e. The van der Waals surface area contributed by atoms with Gasteiger partial charge in [0.15, 0.2) is 0 Å². The lowest BCUT2D eigenvalue weighted by Gasteiger charge is -2.21. The number of hydrogen-bond acceptors (Lipinski definition) is 6. The largest absolute Gasteiger partial charge is 0.423 e. The number of hydrogen-bond donors (Lipinski definition) is 0. The number of nitriles is 2. The van der Waals surface area contributed by atoms with Crippen LogP contribution in [0.4, 0.5) is 0 Å². The maximum absolute atomic E-state index is 12.8. The Morgan fingerprint density at radius 1 is 0.853 bits per heavy atom. The first-order valence-electron chi connectivity index (χ1n) is 11.7. The highest BCUT2D eigenvalue weighted by Crippen LogP contribution is 2.73. The molecule has 4 fully saturated rings. The first kappa shape index (κ1) is 22.4. The highest BCUT2D eigenvalue weighted by atomic mass is 16.5. The molecular formula is C28H28N2O4. The topological polar surface area (TPSA) is 100 Å². The van der Waals surface area contributed by atoms with Gasteiger partial charge >= 0.3 is 11.9 Å². The molecule has 174 valence electrons. The Hall–Kier alpha value is -3.38. The molecule has 6 nitrogen and oxygen atoms in total. The second kappa shape index (κ2) is 7.06. The van der Waals surface area contributed by atoms with Crippen LogP contribution in [0.3, 0.4) is 0 Å². The van der Waals surface area contributed by atoms with Gasteiger partial charge in [0.05, 0.1) is 23.0 Å². The van der Waals surface area contributed by atoms with E-state index in [9.17, 15) is 20.1 Å². The summed E-state index contributed by atoms with van der Waals surface area (Å²) in [5.74, 6) is 0.103. The molecule has 0 saturated heterocycles. The summed E-state index contributed by atoms with van der Waals surface area (Å²) in [6, 6.07) is 11.1. The molecule has 5 rings (SSSR count). The Balaban J connectivity index is 1.22. The molecule has 0 heterocycles. The summed E-state index contributed by atoms with van der Waals surface area (Å²) in [6.45, 7) is 11.9. The van der Waals surface area contributed by atoms with Gasteiger partial charge in [-0.25, -0.2) is 9.59 Å². The molecule has 0 radical (unpaired) electrons. The van der Waals surface area contributed by atoms with Gasteiger partial charge in [-0.3, -0.25) is 0 Å². The minimum atomic E-state index is -0.515. The molecule has 4 saturated carbocycles. The molecule has 0 amide bonds. The highest BCUT2D eigenvalue weighted by molar-refractivity contribution is 5.93. The lowest BCUT2D eigenvalue weighted by atomic mass is 9.82. The number of carbonyl (C=O) groups excluding carboxylic acids is 2. The normalized spacial score (nSPS) is 38.5. The number of rotatable bonds is 6. The summed E-state index contributed by atoms with van der Waals surface area (Å²) in [6.07, 6.45) is 4.55. The highest BCUT2D eigenvalue weighted by Gasteiger charge is 2.67. The van der Waals surface area contributed by atoms with Gasteiger partial charge in [-0.05, 0) is 76.3 Å². The van der Waals surface area contributed by atoms with Crippen molar-refractivity contribution in [1.82, 2.24) is 0 Å². The Morgan fingerprint density at radius 3 is 1.62 bits per heavy atom. The summed E-state index contributed by atoms with van der Waals surface area (Å²) < 4.78 is 11.1. The first-order valence-corrected chi connectivity index (χ1v) is 11.7. The van der Waals surface area contributed by atoms with Gasteiger partial charge in [-0.15, -0.1) is 0 Å². The standard InChI is InChI=1S/C28H28N2O4/c1-17(27-11-19(27)9-25(3,13-27)15-29)23(31)33-21-6-5-7-22(8-21)34-24(32)18(2)28-12-20(28)10-26(4,14-28)16-30/h5-8,19-20H,1-2,9-14H2,3-4H3. The van der Waals surface area contributed by atoms with Crippen LogP contribution in [0.15, 0.2) is 48.6 Å². The molecule has 6 heteroatoms. The predicted octanol–water partition coefficient (Wildman–Crippen LogP) is 5.27. The van der Waals surface area contributed by atoms with E-state index in [-0.39, 0.29) is 22.3 Å². The van der Waals surface area contributed by atoms with Crippen LogP contribution in [0.25, 0.3) is 0 Å². The summed E-state index contributed by atoms with van der Waals surface area (Å²) in [5, 5.41) is 18.9. The molecule has 1 aromatic rings. The molecule has 0 aliphatic heterocycles. The number of fused-ring (bicyclic) bond motifs is 2. The number of nitrogens with zero attached hydrogens (tertiary/aromatic N) is 2. The van der Waals surface area contributed by atoms with Crippen LogP contribution in [-0.2, 0) is 9.59 Å². The van der Waals surface area contributed by atoms with Crippen molar-refractivity contribution in [3.05, 3.63) is 48.6 Å². The average Bonchev–Trinajstić information content (AvgIpc) is 3.61. The smallest absolute Gasteiger partial charge is 0.339 e. The van der Waals surface area contributed by atoms with Crippen molar-refractivity contribution in [2.75, 3.05) is 0 Å². The van der Waals surface area contributed by atoms with Crippen molar-refractivity contribution in [3.63, 3.8) is 0 Å². The fraction of sp³-hybridized carbons (Fsp3) is 0.500. The van der Waals surface area contributed by atoms with Gasteiger partial charge in [0.25, 0.3) is 0 Å². The molecule has 0 bridgehead atoms. The molecular weight excluding hydrogens is 428 g/mol. The third-order valence-electron chi connectivity index (χ3n) is 8.73. The van der Waals surface area contributed by atoms with Crippen LogP contribution in [0.1, 0.15) is 52.4 Å². The third kappa shape index (κ3) is 3.36. The monoisotopic (exact) mass is 456 g/mol. The van der Waals surface area contributed by atoms with Crippen molar-refractivity contribution < 1.29 is 19.1 Å². The van der Waals surface area contributed by atoms with Gasteiger partial charge in [0.2, 0.25) is 0 Å². The summed E-state index contributed by atoms with van der Waals surface area (Å²) in [7, 11) is 0. The van der Waals surface area contributed by atoms with Gasteiger partial charge < -0.3 is 9.47 Å². The van der Waals surface area contributed by atoms with Crippen molar-refractivity contribution in [3.8, 4) is 23.6 Å². The quantitative estimate of drug-likeness (QED) is 0.328. The van der Waals surface area contributed by atoms with E-state index in [1.165, 1.54) is 6.07 Å². The van der Waals surface area contributed by atoms with Crippen molar-refractivity contribution in [2.24, 2.45) is 33.5 Å². The van der Waals surface area contributed by atoms with Gasteiger partial charge in [0.1, 0.15) is 11.5 Å². The van der Waals surface area contributed by atoms with E-state index in [0.717, 1.165) is 25.7 Å². The van der Waals surface area contributed by atoms with Crippen molar-refractivity contribution >= 4 is 11.9 Å². The Morgan fingerprint density at radius 2 is 1.26 bits per heavy atom. The Kier molecular flexibility index (Phi) is 4.65. The zero-order valence-electron chi connectivity index (χ0n) is 19.6. The maximum atomic E-state index is 12.8. The number of esters is 2. The summed E-state index contributed by atoms with van der Waals surface area (Å²) in [4.78, 5) is 25.7. The second-order valence-corrected chi connectivity index (χ2v) is 11.4. The van der Waals surface area contributed by atoms with Crippen molar-refractivity contribution in [2.45, 2.75) is 52.4 Å². The van der Waals surface area contributed by atoms with Crippen LogP contribution in [0, 0.1) is 56.2 Å². The summed E-state index contributed by atoms with van der Waals surface area (Å²) >= 11 is 0. The predicted molar refractivity (Wildman–Crippen MR) is 123 cm³/mol.